The Labute approximate surface area is 141 Å². The molecule has 6 nitrogen and oxygen atoms in total. The van der Waals surface area contributed by atoms with Gasteiger partial charge in [-0.3, -0.25) is 9.59 Å². The SMILES string of the molecule is COc1ccc2cc(C(=O)N[C@@H]3CCCC[C@@H]3C(N)=O)n(C)c2c1. The Morgan fingerprint density at radius 2 is 2.00 bits per heavy atom. The molecule has 0 spiro atoms. The van der Waals surface area contributed by atoms with Gasteiger partial charge in [-0.1, -0.05) is 12.8 Å². The van der Waals surface area contributed by atoms with Crippen molar-refractivity contribution in [3.05, 3.63) is 30.0 Å². The van der Waals surface area contributed by atoms with E-state index in [4.69, 9.17) is 10.5 Å². The summed E-state index contributed by atoms with van der Waals surface area (Å²) >= 11 is 0. The molecule has 6 heteroatoms. The maximum absolute atomic E-state index is 12.7. The number of methoxy groups -OCH3 is 1. The molecule has 1 aliphatic carbocycles. The van der Waals surface area contributed by atoms with Gasteiger partial charge in [0.25, 0.3) is 5.91 Å². The van der Waals surface area contributed by atoms with Gasteiger partial charge in [-0.15, -0.1) is 0 Å². The van der Waals surface area contributed by atoms with Crippen molar-refractivity contribution >= 4 is 22.7 Å². The number of hydrogen-bond donors (Lipinski definition) is 2. The Morgan fingerprint density at radius 1 is 1.25 bits per heavy atom. The molecule has 1 aromatic carbocycles. The highest BCUT2D eigenvalue weighted by molar-refractivity contribution is 5.99. The number of nitrogens with one attached hydrogen (secondary N) is 1. The Balaban J connectivity index is 1.85. The largest absolute Gasteiger partial charge is 0.497 e. The van der Waals surface area contributed by atoms with E-state index in [1.54, 1.807) is 7.11 Å². The average molecular weight is 329 g/mol. The maximum Gasteiger partial charge on any atom is 0.268 e. The van der Waals surface area contributed by atoms with Gasteiger partial charge in [-0.05, 0) is 31.0 Å². The smallest absolute Gasteiger partial charge is 0.268 e. The van der Waals surface area contributed by atoms with E-state index in [1.807, 2.05) is 35.9 Å². The number of benzene rings is 1. The third-order valence-electron chi connectivity index (χ3n) is 4.93. The highest BCUT2D eigenvalue weighted by Crippen LogP contribution is 2.26. The monoisotopic (exact) mass is 329 g/mol. The highest BCUT2D eigenvalue weighted by Gasteiger charge is 2.31. The van der Waals surface area contributed by atoms with Crippen molar-refractivity contribution in [2.24, 2.45) is 18.7 Å². The molecule has 2 aromatic rings. The number of rotatable bonds is 4. The van der Waals surface area contributed by atoms with Crippen molar-refractivity contribution < 1.29 is 14.3 Å². The van der Waals surface area contributed by atoms with Crippen LogP contribution in [0.4, 0.5) is 0 Å². The third kappa shape index (κ3) is 2.96. The highest BCUT2D eigenvalue weighted by atomic mass is 16.5. The predicted molar refractivity (Wildman–Crippen MR) is 91.9 cm³/mol. The minimum absolute atomic E-state index is 0.175. The molecule has 1 aromatic heterocycles. The van der Waals surface area contributed by atoms with E-state index in [0.29, 0.717) is 5.69 Å². The van der Waals surface area contributed by atoms with Gasteiger partial charge >= 0.3 is 0 Å². The van der Waals surface area contributed by atoms with Crippen LogP contribution in [-0.4, -0.2) is 29.5 Å². The van der Waals surface area contributed by atoms with E-state index in [-0.39, 0.29) is 23.8 Å². The molecule has 0 bridgehead atoms. The number of hydrogen-bond acceptors (Lipinski definition) is 3. The number of carbonyl (C=O) groups is 2. The van der Waals surface area contributed by atoms with Gasteiger partial charge in [0.1, 0.15) is 11.4 Å². The fourth-order valence-electron chi connectivity index (χ4n) is 3.54. The van der Waals surface area contributed by atoms with Crippen LogP contribution in [-0.2, 0) is 11.8 Å². The van der Waals surface area contributed by atoms with Crippen molar-refractivity contribution in [1.82, 2.24) is 9.88 Å². The molecule has 24 heavy (non-hydrogen) atoms. The Kier molecular flexibility index (Phi) is 4.46. The number of nitrogens with zero attached hydrogens (tertiary/aromatic N) is 1. The number of ether oxygens (including phenoxy) is 1. The zero-order valence-electron chi connectivity index (χ0n) is 14.0. The fraction of sp³-hybridized carbons (Fsp3) is 0.444. The molecule has 2 atom stereocenters. The van der Waals surface area contributed by atoms with Gasteiger partial charge in [0, 0.05) is 24.5 Å². The van der Waals surface area contributed by atoms with Gasteiger partial charge < -0.3 is 20.4 Å². The lowest BCUT2D eigenvalue weighted by molar-refractivity contribution is -0.123. The summed E-state index contributed by atoms with van der Waals surface area (Å²) in [5, 5.41) is 3.98. The minimum Gasteiger partial charge on any atom is -0.497 e. The van der Waals surface area contributed by atoms with Crippen LogP contribution in [0.2, 0.25) is 0 Å². The van der Waals surface area contributed by atoms with E-state index >= 15 is 0 Å². The first-order valence-electron chi connectivity index (χ1n) is 8.25. The lowest BCUT2D eigenvalue weighted by atomic mass is 9.84. The molecule has 2 amide bonds. The molecule has 1 aliphatic rings. The first kappa shape index (κ1) is 16.4. The van der Waals surface area contributed by atoms with E-state index in [1.165, 1.54) is 0 Å². The van der Waals surface area contributed by atoms with Crippen molar-refractivity contribution in [1.29, 1.82) is 0 Å². The van der Waals surface area contributed by atoms with Gasteiger partial charge in [0.15, 0.2) is 0 Å². The predicted octanol–water partition coefficient (Wildman–Crippen LogP) is 1.96. The summed E-state index contributed by atoms with van der Waals surface area (Å²) in [6.45, 7) is 0. The van der Waals surface area contributed by atoms with Gasteiger partial charge in [-0.2, -0.15) is 0 Å². The molecule has 0 unspecified atom stereocenters. The summed E-state index contributed by atoms with van der Waals surface area (Å²) in [6.07, 6.45) is 3.51. The minimum atomic E-state index is -0.332. The second-order valence-corrected chi connectivity index (χ2v) is 6.39. The standard InChI is InChI=1S/C18H23N3O3/c1-21-15-10-12(24-2)8-7-11(15)9-16(21)18(23)20-14-6-4-3-5-13(14)17(19)22/h7-10,13-14H,3-6H2,1-2H3,(H2,19,22)(H,20,23)/t13-,14+/m0/s1. The van der Waals surface area contributed by atoms with Crippen molar-refractivity contribution in [3.63, 3.8) is 0 Å². The summed E-state index contributed by atoms with van der Waals surface area (Å²) < 4.78 is 7.09. The van der Waals surface area contributed by atoms with Crippen LogP contribution in [0.15, 0.2) is 24.3 Å². The quantitative estimate of drug-likeness (QED) is 0.899. The van der Waals surface area contributed by atoms with Gasteiger partial charge in [0.05, 0.1) is 18.5 Å². The molecule has 0 saturated heterocycles. The van der Waals surface area contributed by atoms with Crippen LogP contribution in [0.3, 0.4) is 0 Å². The van der Waals surface area contributed by atoms with E-state index < -0.39 is 0 Å². The normalized spacial score (nSPS) is 20.8. The van der Waals surface area contributed by atoms with Crippen LogP contribution < -0.4 is 15.8 Å². The Hall–Kier alpha value is -2.50. The molecule has 1 fully saturated rings. The van der Waals surface area contributed by atoms with Crippen LogP contribution in [0.1, 0.15) is 36.2 Å². The van der Waals surface area contributed by atoms with Crippen LogP contribution in [0.25, 0.3) is 10.9 Å². The van der Waals surface area contributed by atoms with Crippen molar-refractivity contribution in [3.8, 4) is 5.75 Å². The number of amides is 2. The topological polar surface area (TPSA) is 86.3 Å². The van der Waals surface area contributed by atoms with Crippen molar-refractivity contribution in [2.45, 2.75) is 31.7 Å². The van der Waals surface area contributed by atoms with E-state index in [0.717, 1.165) is 42.3 Å². The lowest BCUT2D eigenvalue weighted by Gasteiger charge is -2.30. The zero-order valence-corrected chi connectivity index (χ0v) is 14.0. The Morgan fingerprint density at radius 3 is 2.71 bits per heavy atom. The third-order valence-corrected chi connectivity index (χ3v) is 4.93. The molecular weight excluding hydrogens is 306 g/mol. The van der Waals surface area contributed by atoms with Gasteiger partial charge in [-0.25, -0.2) is 0 Å². The number of fused-ring (bicyclic) bond motifs is 1. The molecule has 1 saturated carbocycles. The first-order chi connectivity index (χ1) is 11.5. The van der Waals surface area contributed by atoms with Gasteiger partial charge in [0.2, 0.25) is 5.91 Å². The lowest BCUT2D eigenvalue weighted by Crippen LogP contribution is -2.47. The molecule has 0 aliphatic heterocycles. The van der Waals surface area contributed by atoms with Crippen molar-refractivity contribution in [2.75, 3.05) is 7.11 Å². The molecule has 3 N–H and O–H groups in total. The molecule has 0 radical (unpaired) electrons. The number of aromatic nitrogens is 1. The molecule has 128 valence electrons. The molecule has 1 heterocycles. The summed E-state index contributed by atoms with van der Waals surface area (Å²) in [6, 6.07) is 7.37. The van der Waals surface area contributed by atoms with Crippen LogP contribution in [0.5, 0.6) is 5.75 Å². The van der Waals surface area contributed by atoms with E-state index in [2.05, 4.69) is 5.32 Å². The van der Waals surface area contributed by atoms with Crippen LogP contribution >= 0.6 is 0 Å². The summed E-state index contributed by atoms with van der Waals surface area (Å²) in [7, 11) is 3.47. The summed E-state index contributed by atoms with van der Waals surface area (Å²) in [4.78, 5) is 24.3. The van der Waals surface area contributed by atoms with Crippen LogP contribution in [0, 0.1) is 5.92 Å². The second-order valence-electron chi connectivity index (χ2n) is 6.39. The second kappa shape index (κ2) is 6.55. The summed E-state index contributed by atoms with van der Waals surface area (Å²) in [5.41, 5.74) is 6.97. The average Bonchev–Trinajstić information content (AvgIpc) is 2.91. The Bertz CT molecular complexity index is 781. The molecular formula is C18H23N3O3. The fourth-order valence-corrected chi connectivity index (χ4v) is 3.54. The number of nitrogens with two attached hydrogens (primary N) is 1. The first-order valence-corrected chi connectivity index (χ1v) is 8.25. The zero-order chi connectivity index (χ0) is 17.3. The number of aryl methyl sites for hydroxylation is 1. The van der Waals surface area contributed by atoms with E-state index in [9.17, 15) is 9.59 Å². The maximum atomic E-state index is 12.7. The summed E-state index contributed by atoms with van der Waals surface area (Å²) in [5.74, 6) is -0.0400. The number of primary amides is 1. The number of carbonyl (C=O) groups excluding carboxylic acids is 2. The molecule has 3 rings (SSSR count).